The van der Waals surface area contributed by atoms with Crippen LogP contribution in [0.3, 0.4) is 0 Å². The lowest BCUT2D eigenvalue weighted by Gasteiger charge is -2.24. The first kappa shape index (κ1) is 14.7. The smallest absolute Gasteiger partial charge is 0.255 e. The van der Waals surface area contributed by atoms with Gasteiger partial charge in [0.25, 0.3) is 6.43 Å². The minimum absolute atomic E-state index is 0.00902. The van der Waals surface area contributed by atoms with Crippen molar-refractivity contribution in [2.75, 3.05) is 24.6 Å². The van der Waals surface area contributed by atoms with Gasteiger partial charge in [0.2, 0.25) is 0 Å². The maximum atomic E-state index is 13.6. The summed E-state index contributed by atoms with van der Waals surface area (Å²) in [5.74, 6) is -2.10. The zero-order chi connectivity index (χ0) is 13.7. The van der Waals surface area contributed by atoms with Crippen molar-refractivity contribution in [2.24, 2.45) is 0 Å². The SMILES string of the molecule is OCCN(CC(F)F)c1c(F)cc(CO)cc1F. The fourth-order valence-corrected chi connectivity index (χ4v) is 1.59. The van der Waals surface area contributed by atoms with E-state index in [1.807, 2.05) is 0 Å². The number of hydrogen-bond acceptors (Lipinski definition) is 3. The molecular weight excluding hydrogens is 254 g/mol. The van der Waals surface area contributed by atoms with E-state index in [4.69, 9.17) is 10.2 Å². The number of rotatable bonds is 6. The van der Waals surface area contributed by atoms with E-state index < -0.39 is 43.5 Å². The average molecular weight is 267 g/mol. The van der Waals surface area contributed by atoms with E-state index in [2.05, 4.69) is 0 Å². The molecule has 0 aliphatic carbocycles. The second-order valence-corrected chi connectivity index (χ2v) is 3.63. The molecule has 0 unspecified atom stereocenters. The predicted octanol–water partition coefficient (Wildman–Crippen LogP) is 1.52. The summed E-state index contributed by atoms with van der Waals surface area (Å²) in [4.78, 5) is 0.733. The van der Waals surface area contributed by atoms with Gasteiger partial charge in [-0.1, -0.05) is 0 Å². The van der Waals surface area contributed by atoms with Crippen LogP contribution in [0, 0.1) is 11.6 Å². The molecule has 1 rings (SSSR count). The zero-order valence-electron chi connectivity index (χ0n) is 9.41. The largest absolute Gasteiger partial charge is 0.395 e. The molecule has 0 amide bonds. The fraction of sp³-hybridized carbons (Fsp3) is 0.455. The molecule has 102 valence electrons. The van der Waals surface area contributed by atoms with Crippen molar-refractivity contribution in [1.82, 2.24) is 0 Å². The van der Waals surface area contributed by atoms with Gasteiger partial charge in [0, 0.05) is 6.54 Å². The molecule has 2 N–H and O–H groups in total. The van der Waals surface area contributed by atoms with Crippen LogP contribution < -0.4 is 4.90 Å². The highest BCUT2D eigenvalue weighted by molar-refractivity contribution is 5.50. The fourth-order valence-electron chi connectivity index (χ4n) is 1.59. The van der Waals surface area contributed by atoms with Crippen molar-refractivity contribution in [3.05, 3.63) is 29.3 Å². The van der Waals surface area contributed by atoms with Crippen LogP contribution in [0.15, 0.2) is 12.1 Å². The quantitative estimate of drug-likeness (QED) is 0.768. The van der Waals surface area contributed by atoms with E-state index in [1.165, 1.54) is 0 Å². The van der Waals surface area contributed by atoms with Gasteiger partial charge in [-0.25, -0.2) is 17.6 Å². The number of halogens is 4. The van der Waals surface area contributed by atoms with Crippen molar-refractivity contribution >= 4 is 5.69 Å². The maximum Gasteiger partial charge on any atom is 0.255 e. The molecule has 0 spiro atoms. The Morgan fingerprint density at radius 1 is 1.11 bits per heavy atom. The predicted molar refractivity (Wildman–Crippen MR) is 57.6 cm³/mol. The summed E-state index contributed by atoms with van der Waals surface area (Å²) in [6, 6.07) is 1.74. The maximum absolute atomic E-state index is 13.6. The number of aliphatic hydroxyl groups excluding tert-OH is 2. The summed E-state index contributed by atoms with van der Waals surface area (Å²) in [6.07, 6.45) is -2.78. The normalized spacial score (nSPS) is 11.1. The molecule has 0 aromatic heterocycles. The summed E-state index contributed by atoms with van der Waals surface area (Å²) in [7, 11) is 0. The molecule has 0 radical (unpaired) electrons. The van der Waals surface area contributed by atoms with E-state index in [9.17, 15) is 17.6 Å². The lowest BCUT2D eigenvalue weighted by molar-refractivity contribution is 0.152. The van der Waals surface area contributed by atoms with Crippen LogP contribution >= 0.6 is 0 Å². The molecule has 7 heteroatoms. The van der Waals surface area contributed by atoms with Crippen molar-refractivity contribution in [3.8, 4) is 0 Å². The Balaban J connectivity index is 3.10. The average Bonchev–Trinajstić information content (AvgIpc) is 2.27. The third-order valence-corrected chi connectivity index (χ3v) is 2.30. The van der Waals surface area contributed by atoms with Crippen LogP contribution in [0.5, 0.6) is 0 Å². The summed E-state index contributed by atoms with van der Waals surface area (Å²) in [5.41, 5.74) is -0.615. The highest BCUT2D eigenvalue weighted by Gasteiger charge is 2.20. The molecular formula is C11H13F4NO2. The number of aliphatic hydroxyl groups is 2. The molecule has 0 saturated carbocycles. The van der Waals surface area contributed by atoms with Crippen LogP contribution in [0.2, 0.25) is 0 Å². The van der Waals surface area contributed by atoms with Gasteiger partial charge in [-0.3, -0.25) is 0 Å². The van der Waals surface area contributed by atoms with E-state index in [0.29, 0.717) is 0 Å². The molecule has 0 bridgehead atoms. The van der Waals surface area contributed by atoms with E-state index in [0.717, 1.165) is 17.0 Å². The second kappa shape index (κ2) is 6.55. The minimum Gasteiger partial charge on any atom is -0.395 e. The molecule has 0 heterocycles. The van der Waals surface area contributed by atoms with Gasteiger partial charge in [-0.15, -0.1) is 0 Å². The molecule has 0 atom stereocenters. The van der Waals surface area contributed by atoms with Gasteiger partial charge >= 0.3 is 0 Å². The molecule has 0 saturated heterocycles. The number of alkyl halides is 2. The van der Waals surface area contributed by atoms with Gasteiger partial charge in [0.1, 0.15) is 17.3 Å². The number of anilines is 1. The molecule has 1 aromatic rings. The summed E-state index contributed by atoms with van der Waals surface area (Å²) in [5, 5.41) is 17.5. The first-order chi connectivity index (χ1) is 8.49. The Labute approximate surface area is 101 Å². The summed E-state index contributed by atoms with van der Waals surface area (Å²) >= 11 is 0. The second-order valence-electron chi connectivity index (χ2n) is 3.63. The highest BCUT2D eigenvalue weighted by atomic mass is 19.3. The van der Waals surface area contributed by atoms with Crippen molar-refractivity contribution in [3.63, 3.8) is 0 Å². The van der Waals surface area contributed by atoms with Crippen molar-refractivity contribution in [1.29, 1.82) is 0 Å². The molecule has 0 aliphatic rings. The van der Waals surface area contributed by atoms with Gasteiger partial charge in [-0.2, -0.15) is 0 Å². The third kappa shape index (κ3) is 3.58. The topological polar surface area (TPSA) is 43.7 Å². The van der Waals surface area contributed by atoms with Crippen LogP contribution in [0.4, 0.5) is 23.2 Å². The van der Waals surface area contributed by atoms with Gasteiger partial charge < -0.3 is 15.1 Å². The Morgan fingerprint density at radius 3 is 2.06 bits per heavy atom. The van der Waals surface area contributed by atoms with E-state index in [1.54, 1.807) is 0 Å². The molecule has 18 heavy (non-hydrogen) atoms. The van der Waals surface area contributed by atoms with E-state index >= 15 is 0 Å². The highest BCUT2D eigenvalue weighted by Crippen LogP contribution is 2.25. The Bertz CT molecular complexity index is 378. The van der Waals surface area contributed by atoms with Crippen LogP contribution in [-0.2, 0) is 6.61 Å². The molecule has 3 nitrogen and oxygen atoms in total. The van der Waals surface area contributed by atoms with Gasteiger partial charge in [-0.05, 0) is 17.7 Å². The van der Waals surface area contributed by atoms with Crippen molar-refractivity contribution < 1.29 is 27.8 Å². The zero-order valence-corrected chi connectivity index (χ0v) is 9.41. The lowest BCUT2D eigenvalue weighted by Crippen LogP contribution is -2.33. The van der Waals surface area contributed by atoms with Gasteiger partial charge in [0.05, 0.1) is 19.8 Å². The van der Waals surface area contributed by atoms with E-state index in [-0.39, 0.29) is 12.1 Å². The van der Waals surface area contributed by atoms with Crippen molar-refractivity contribution in [2.45, 2.75) is 13.0 Å². The van der Waals surface area contributed by atoms with Gasteiger partial charge in [0.15, 0.2) is 0 Å². The number of hydrogen-bond donors (Lipinski definition) is 2. The standard InChI is InChI=1S/C11H13F4NO2/c12-8-3-7(6-18)4-9(13)11(8)16(1-2-17)5-10(14)15/h3-4,10,17-18H,1-2,5-6H2. The number of benzene rings is 1. The Kier molecular flexibility index (Phi) is 5.36. The summed E-state index contributed by atoms with van der Waals surface area (Å²) < 4.78 is 51.8. The Morgan fingerprint density at radius 2 is 1.67 bits per heavy atom. The van der Waals surface area contributed by atoms with Crippen LogP contribution in [-0.4, -0.2) is 36.3 Å². The van der Waals surface area contributed by atoms with Crippen LogP contribution in [0.25, 0.3) is 0 Å². The molecule has 1 aromatic carbocycles. The van der Waals surface area contributed by atoms with Crippen LogP contribution in [0.1, 0.15) is 5.56 Å². The monoisotopic (exact) mass is 267 g/mol. The first-order valence-electron chi connectivity index (χ1n) is 5.22. The Hall–Kier alpha value is -1.34. The number of nitrogens with zero attached hydrogens (tertiary/aromatic N) is 1. The first-order valence-corrected chi connectivity index (χ1v) is 5.22. The third-order valence-electron chi connectivity index (χ3n) is 2.30. The lowest BCUT2D eigenvalue weighted by atomic mass is 10.1. The minimum atomic E-state index is -2.78. The summed E-state index contributed by atoms with van der Waals surface area (Å²) in [6.45, 7) is -2.25. The molecule has 0 aliphatic heterocycles. The molecule has 0 fully saturated rings.